The Bertz CT molecular complexity index is 122. The van der Waals surface area contributed by atoms with Crippen LogP contribution in [0.15, 0.2) is 0 Å². The molecule has 0 N–H and O–H groups in total. The molecule has 0 aliphatic rings. The van der Waals surface area contributed by atoms with Gasteiger partial charge in [-0.1, -0.05) is 48.1 Å². The van der Waals surface area contributed by atoms with Crippen LogP contribution in [0.2, 0.25) is 19.6 Å². The van der Waals surface area contributed by atoms with Crippen LogP contribution in [0.1, 0.15) is 20.3 Å². The number of nitrogens with zero attached hydrogens (tertiary/aromatic N) is 2. The third-order valence-electron chi connectivity index (χ3n) is 2.11. The molecule has 2 nitrogen and oxygen atoms in total. The largest absolute Gasteiger partial charge is 3.00 e. The van der Waals surface area contributed by atoms with E-state index in [4.69, 9.17) is 4.98 Å². The third-order valence-corrected chi connectivity index (χ3v) is 3.29. The van der Waals surface area contributed by atoms with Crippen molar-refractivity contribution in [2.75, 3.05) is 26.2 Å². The first-order valence-corrected chi connectivity index (χ1v) is 8.85. The molecule has 0 unspecified atom stereocenters. The zero-order valence-corrected chi connectivity index (χ0v) is 13.3. The van der Waals surface area contributed by atoms with E-state index in [1.54, 1.807) is 0 Å². The average Bonchev–Trinajstić information content (AvgIpc) is 2.03. The predicted molar refractivity (Wildman–Crippen MR) is 70.4 cm³/mol. The first-order chi connectivity index (χ1) is 5.99. The van der Waals surface area contributed by atoms with Crippen LogP contribution in [-0.2, 0) is 16.8 Å². The van der Waals surface area contributed by atoms with Crippen molar-refractivity contribution in [1.82, 2.24) is 4.90 Å². The summed E-state index contributed by atoms with van der Waals surface area (Å²) in [6, 6.07) is 0. The van der Waals surface area contributed by atoms with Crippen LogP contribution in [0.25, 0.3) is 4.98 Å². The minimum atomic E-state index is -1.14. The van der Waals surface area contributed by atoms with Gasteiger partial charge in [0.1, 0.15) is 0 Å². The van der Waals surface area contributed by atoms with Crippen LogP contribution >= 0.6 is 0 Å². The van der Waals surface area contributed by atoms with E-state index in [1.165, 1.54) is 26.1 Å². The van der Waals surface area contributed by atoms with E-state index < -0.39 is 8.24 Å². The van der Waals surface area contributed by atoms with Crippen LogP contribution in [0, 0.1) is 7.43 Å². The zero-order chi connectivity index (χ0) is 10.3. The van der Waals surface area contributed by atoms with E-state index in [-0.39, 0.29) is 24.2 Å². The summed E-state index contributed by atoms with van der Waals surface area (Å²) in [5.74, 6) is 0. The topological polar surface area (TPSA) is 17.3 Å². The van der Waals surface area contributed by atoms with Crippen molar-refractivity contribution < 1.29 is 16.8 Å². The second-order valence-electron chi connectivity index (χ2n) is 4.43. The fourth-order valence-electron chi connectivity index (χ4n) is 1.25. The van der Waals surface area contributed by atoms with E-state index in [1.807, 2.05) is 0 Å². The molecule has 0 bridgehead atoms. The molecule has 0 aromatic heterocycles. The molecule has 0 aliphatic heterocycles. The quantitative estimate of drug-likeness (QED) is 0.395. The van der Waals surface area contributed by atoms with Gasteiger partial charge in [-0.15, -0.1) is 6.54 Å². The monoisotopic (exact) mass is 275 g/mol. The summed E-state index contributed by atoms with van der Waals surface area (Å²) in [4.78, 5) is 7.17. The zero-order valence-electron chi connectivity index (χ0n) is 11.3. The van der Waals surface area contributed by atoms with Crippen LogP contribution < -0.4 is 0 Å². The maximum Gasteiger partial charge on any atom is 3.00 e. The molecule has 0 fully saturated rings. The van der Waals surface area contributed by atoms with Gasteiger partial charge in [-0.2, -0.15) is 0 Å². The summed E-state index contributed by atoms with van der Waals surface area (Å²) in [7, 11) is -1.14. The molecule has 0 aromatic rings. The molecule has 0 saturated carbocycles. The van der Waals surface area contributed by atoms with Gasteiger partial charge in [0.2, 0.25) is 0 Å². The molecular formula is C11H28CoN2Si+. The Morgan fingerprint density at radius 1 is 1.07 bits per heavy atom. The molecule has 4 heteroatoms. The van der Waals surface area contributed by atoms with E-state index in [9.17, 15) is 0 Å². The minimum Gasteiger partial charge on any atom is -0.665 e. The second kappa shape index (κ2) is 11.1. The Morgan fingerprint density at radius 2 is 1.53 bits per heavy atom. The minimum absolute atomic E-state index is 0. The molecule has 0 aliphatic carbocycles. The van der Waals surface area contributed by atoms with Crippen LogP contribution in [0.3, 0.4) is 0 Å². The van der Waals surface area contributed by atoms with Gasteiger partial charge >= 0.3 is 16.8 Å². The van der Waals surface area contributed by atoms with E-state index in [2.05, 4.69) is 38.4 Å². The van der Waals surface area contributed by atoms with Gasteiger partial charge in [-0.3, -0.25) is 0 Å². The summed E-state index contributed by atoms with van der Waals surface area (Å²) in [5, 5.41) is 0. The molecule has 0 heterocycles. The van der Waals surface area contributed by atoms with E-state index in [0.29, 0.717) is 0 Å². The predicted octanol–water partition coefficient (Wildman–Crippen LogP) is 3.37. The van der Waals surface area contributed by atoms with Crippen LogP contribution in [-0.4, -0.2) is 39.3 Å². The standard InChI is InChI=1S/C10H25N2Si.CH3.Co/c1-6-12(7-2)10-8-9-11-13(3,4)5;;/h6-10H2,1-5H3;1H3;/q2*-1;+3. The fourth-order valence-corrected chi connectivity index (χ4v) is 2.08. The van der Waals surface area contributed by atoms with Gasteiger partial charge in [0.15, 0.2) is 0 Å². The number of hydrogen-bond acceptors (Lipinski definition) is 1. The van der Waals surface area contributed by atoms with Gasteiger partial charge in [-0.05, 0) is 19.6 Å². The first kappa shape index (κ1) is 21.0. The maximum absolute atomic E-state index is 4.71. The Labute approximate surface area is 108 Å². The van der Waals surface area contributed by atoms with Gasteiger partial charge in [0.25, 0.3) is 0 Å². The molecule has 94 valence electrons. The van der Waals surface area contributed by atoms with Crippen molar-refractivity contribution in [3.05, 3.63) is 12.4 Å². The fraction of sp³-hybridized carbons (Fsp3) is 0.909. The van der Waals surface area contributed by atoms with Gasteiger partial charge in [-0.25, -0.2) is 0 Å². The summed E-state index contributed by atoms with van der Waals surface area (Å²) >= 11 is 0. The average molecular weight is 275 g/mol. The van der Waals surface area contributed by atoms with E-state index >= 15 is 0 Å². The summed E-state index contributed by atoms with van der Waals surface area (Å²) in [6.45, 7) is 15.9. The van der Waals surface area contributed by atoms with Crippen molar-refractivity contribution in [2.45, 2.75) is 39.9 Å². The smallest absolute Gasteiger partial charge is 0.665 e. The van der Waals surface area contributed by atoms with Crippen LogP contribution in [0.5, 0.6) is 0 Å². The van der Waals surface area contributed by atoms with Crippen LogP contribution in [0.4, 0.5) is 0 Å². The molecular weight excluding hydrogens is 247 g/mol. The maximum atomic E-state index is 4.71. The second-order valence-corrected chi connectivity index (χ2v) is 9.09. The van der Waals surface area contributed by atoms with Gasteiger partial charge in [0.05, 0.1) is 0 Å². The third kappa shape index (κ3) is 14.6. The Balaban J connectivity index is -0.000000720. The molecule has 0 saturated heterocycles. The van der Waals surface area contributed by atoms with Crippen molar-refractivity contribution >= 4 is 8.24 Å². The Hall–Kier alpha value is 0.643. The summed E-state index contributed by atoms with van der Waals surface area (Å²) in [6.07, 6.45) is 1.23. The van der Waals surface area contributed by atoms with Crippen molar-refractivity contribution in [1.29, 1.82) is 0 Å². The SMILES string of the molecule is CCN(CC)CCC[N-][Si](C)(C)C.[CH3-].[Co+3]. The van der Waals surface area contributed by atoms with Gasteiger partial charge in [0, 0.05) is 0 Å². The molecule has 0 spiro atoms. The van der Waals surface area contributed by atoms with Crippen molar-refractivity contribution in [2.24, 2.45) is 0 Å². The normalized spacial score (nSPS) is 10.8. The van der Waals surface area contributed by atoms with E-state index in [0.717, 1.165) is 6.54 Å². The summed E-state index contributed by atoms with van der Waals surface area (Å²) < 4.78 is 0. The van der Waals surface area contributed by atoms with Crippen molar-refractivity contribution in [3.63, 3.8) is 0 Å². The molecule has 0 aromatic carbocycles. The van der Waals surface area contributed by atoms with Gasteiger partial charge < -0.3 is 17.3 Å². The number of hydrogen-bond donors (Lipinski definition) is 0. The molecule has 0 amide bonds. The molecule has 0 atom stereocenters. The Kier molecular flexibility index (Phi) is 15.6. The Morgan fingerprint density at radius 3 is 1.87 bits per heavy atom. The molecule has 15 heavy (non-hydrogen) atoms. The first-order valence-electron chi connectivity index (χ1n) is 5.40. The molecule has 0 radical (unpaired) electrons. The number of rotatable bonds is 7. The molecule has 0 rings (SSSR count). The van der Waals surface area contributed by atoms with Crippen molar-refractivity contribution in [3.8, 4) is 0 Å². The summed E-state index contributed by atoms with van der Waals surface area (Å²) in [5.41, 5.74) is 0.